The lowest BCUT2D eigenvalue weighted by Crippen LogP contribution is -2.40. The van der Waals surface area contributed by atoms with Gasteiger partial charge in [0.2, 0.25) is 0 Å². The van der Waals surface area contributed by atoms with Crippen LogP contribution in [0.5, 0.6) is 5.75 Å². The van der Waals surface area contributed by atoms with Crippen molar-refractivity contribution in [3.05, 3.63) is 54.6 Å². The molecule has 7 nitrogen and oxygen atoms in total. The predicted molar refractivity (Wildman–Crippen MR) is 139 cm³/mol. The van der Waals surface area contributed by atoms with Gasteiger partial charge in [0.1, 0.15) is 12.4 Å². The van der Waals surface area contributed by atoms with Gasteiger partial charge in [0.25, 0.3) is 0 Å². The highest BCUT2D eigenvalue weighted by Gasteiger charge is 2.06. The molecule has 2 N–H and O–H groups in total. The Labute approximate surface area is 203 Å². The van der Waals surface area contributed by atoms with Crippen LogP contribution in [-0.4, -0.2) is 60.5 Å². The molecule has 0 radical (unpaired) electrons. The molecule has 9 heteroatoms. The van der Waals surface area contributed by atoms with Crippen molar-refractivity contribution in [1.82, 2.24) is 10.6 Å². The second kappa shape index (κ2) is 14.1. The molecule has 0 aliphatic rings. The van der Waals surface area contributed by atoms with Gasteiger partial charge in [-0.1, -0.05) is 18.2 Å². The third-order valence-corrected chi connectivity index (χ3v) is 5.67. The van der Waals surface area contributed by atoms with E-state index in [0.29, 0.717) is 18.9 Å². The maximum Gasteiger partial charge on any atom is 0.191 e. The predicted octanol–water partition coefficient (Wildman–Crippen LogP) is 3.17. The van der Waals surface area contributed by atoms with Crippen LogP contribution >= 0.6 is 24.0 Å². The van der Waals surface area contributed by atoms with Crippen LogP contribution < -0.4 is 20.3 Å². The van der Waals surface area contributed by atoms with Crippen molar-refractivity contribution in [2.45, 2.75) is 18.2 Å². The Bertz CT molecular complexity index is 891. The van der Waals surface area contributed by atoms with Crippen LogP contribution in [0.25, 0.3) is 0 Å². The summed E-state index contributed by atoms with van der Waals surface area (Å²) in [5.41, 5.74) is 1.24. The molecule has 31 heavy (non-hydrogen) atoms. The summed E-state index contributed by atoms with van der Waals surface area (Å²) in [6, 6.07) is 16.8. The van der Waals surface area contributed by atoms with E-state index in [2.05, 4.69) is 51.7 Å². The average Bonchev–Trinajstić information content (AvgIpc) is 2.75. The fraction of sp³-hybridized carbons (Fsp3) is 0.409. The van der Waals surface area contributed by atoms with E-state index in [4.69, 9.17) is 4.74 Å². The second-order valence-corrected chi connectivity index (χ2v) is 8.80. The first-order chi connectivity index (χ1) is 14.4. The molecule has 2 rings (SSSR count). The second-order valence-electron chi connectivity index (χ2n) is 6.79. The molecule has 2 aromatic rings. The van der Waals surface area contributed by atoms with Gasteiger partial charge < -0.3 is 20.3 Å². The van der Waals surface area contributed by atoms with Crippen LogP contribution in [-0.2, 0) is 9.84 Å². The highest BCUT2D eigenvalue weighted by Crippen LogP contribution is 2.15. The molecule has 0 saturated carbocycles. The maximum atomic E-state index is 11.5. The molecule has 0 spiro atoms. The number of hydrogen-bond acceptors (Lipinski definition) is 5. The van der Waals surface area contributed by atoms with Gasteiger partial charge in [0, 0.05) is 38.6 Å². The van der Waals surface area contributed by atoms with Crippen molar-refractivity contribution in [1.29, 1.82) is 0 Å². The largest absolute Gasteiger partial charge is 0.492 e. The molecule has 0 fully saturated rings. The first kappa shape index (κ1) is 27.0. The molecule has 0 amide bonds. The summed E-state index contributed by atoms with van der Waals surface area (Å²) in [6.45, 7) is 5.94. The monoisotopic (exact) mass is 560 g/mol. The number of anilines is 1. The van der Waals surface area contributed by atoms with Gasteiger partial charge in [-0.2, -0.15) is 0 Å². The number of halogens is 1. The zero-order chi connectivity index (χ0) is 21.8. The molecule has 0 aliphatic heterocycles. The van der Waals surface area contributed by atoms with Crippen LogP contribution in [0.2, 0.25) is 0 Å². The minimum Gasteiger partial charge on any atom is -0.492 e. The van der Waals surface area contributed by atoms with Crippen LogP contribution in [0.3, 0.4) is 0 Å². The molecule has 0 aliphatic carbocycles. The zero-order valence-corrected chi connectivity index (χ0v) is 21.5. The zero-order valence-electron chi connectivity index (χ0n) is 18.4. The smallest absolute Gasteiger partial charge is 0.191 e. The van der Waals surface area contributed by atoms with Crippen molar-refractivity contribution >= 4 is 45.5 Å². The molecule has 0 aromatic heterocycles. The molecular weight excluding hydrogens is 527 g/mol. The summed E-state index contributed by atoms with van der Waals surface area (Å²) in [6.07, 6.45) is 2.18. The van der Waals surface area contributed by atoms with Crippen molar-refractivity contribution in [2.24, 2.45) is 4.99 Å². The first-order valence-corrected chi connectivity index (χ1v) is 12.0. The van der Waals surface area contributed by atoms with Crippen LogP contribution in [0.1, 0.15) is 13.3 Å². The van der Waals surface area contributed by atoms with E-state index < -0.39 is 9.84 Å². The Hall–Kier alpha value is -2.01. The molecule has 172 valence electrons. The molecule has 0 bridgehead atoms. The Morgan fingerprint density at radius 2 is 1.68 bits per heavy atom. The maximum absolute atomic E-state index is 11.5. The van der Waals surface area contributed by atoms with Crippen molar-refractivity contribution in [2.75, 3.05) is 51.0 Å². The van der Waals surface area contributed by atoms with Gasteiger partial charge in [-0.25, -0.2) is 8.42 Å². The van der Waals surface area contributed by atoms with Gasteiger partial charge in [-0.3, -0.25) is 4.99 Å². The lowest BCUT2D eigenvalue weighted by Gasteiger charge is -2.23. The number of nitrogens with one attached hydrogen (secondary N) is 2. The third kappa shape index (κ3) is 9.77. The Morgan fingerprint density at radius 1 is 1.03 bits per heavy atom. The van der Waals surface area contributed by atoms with Gasteiger partial charge in [-0.15, -0.1) is 24.0 Å². The molecule has 2 aromatic carbocycles. The quantitative estimate of drug-likeness (QED) is 0.190. The fourth-order valence-electron chi connectivity index (χ4n) is 2.93. The highest BCUT2D eigenvalue weighted by atomic mass is 127. The number of ether oxygens (including phenoxy) is 1. The summed E-state index contributed by atoms with van der Waals surface area (Å²) in [7, 11) is -1.45. The Kier molecular flexibility index (Phi) is 12.3. The average molecular weight is 561 g/mol. The number of nitrogens with zero attached hydrogens (tertiary/aromatic N) is 2. The van der Waals surface area contributed by atoms with Crippen molar-refractivity contribution in [3.8, 4) is 5.75 Å². The van der Waals surface area contributed by atoms with E-state index in [9.17, 15) is 8.42 Å². The number of hydrogen-bond donors (Lipinski definition) is 2. The molecular formula is C22H33IN4O3S. The van der Waals surface area contributed by atoms with E-state index in [1.807, 2.05) is 6.07 Å². The van der Waals surface area contributed by atoms with Crippen LogP contribution in [0.15, 0.2) is 64.5 Å². The summed E-state index contributed by atoms with van der Waals surface area (Å²) in [4.78, 5) is 6.86. The number of benzene rings is 2. The number of guanidine groups is 1. The van der Waals surface area contributed by atoms with E-state index in [1.54, 1.807) is 31.3 Å². The summed E-state index contributed by atoms with van der Waals surface area (Å²) < 4.78 is 28.6. The number of para-hydroxylation sites is 1. The van der Waals surface area contributed by atoms with Gasteiger partial charge in [-0.05, 0) is 49.7 Å². The lowest BCUT2D eigenvalue weighted by molar-refractivity contribution is 0.321. The lowest BCUT2D eigenvalue weighted by atomic mass is 10.2. The molecule has 0 heterocycles. The van der Waals surface area contributed by atoms with E-state index in [0.717, 1.165) is 32.0 Å². The number of sulfone groups is 1. The minimum absolute atomic E-state index is 0. The topological polar surface area (TPSA) is 83.0 Å². The third-order valence-electron chi connectivity index (χ3n) is 4.54. The van der Waals surface area contributed by atoms with E-state index in [-0.39, 0.29) is 28.9 Å². The molecule has 0 saturated heterocycles. The standard InChI is InChI=1S/C22H32N4O3S.HI/c1-4-26(19-9-6-5-7-10-19)17-8-15-24-22(23-2)25-16-18-29-20-11-13-21(14-12-20)30(3,27)28;/h5-7,9-14H,4,8,15-18H2,1-3H3,(H2,23,24,25);1H. The van der Waals surface area contributed by atoms with Crippen molar-refractivity contribution in [3.63, 3.8) is 0 Å². The van der Waals surface area contributed by atoms with Gasteiger partial charge >= 0.3 is 0 Å². The molecule has 0 atom stereocenters. The number of rotatable bonds is 11. The Balaban J connectivity index is 0.00000480. The summed E-state index contributed by atoms with van der Waals surface area (Å²) in [5, 5.41) is 6.53. The first-order valence-electron chi connectivity index (χ1n) is 10.1. The minimum atomic E-state index is -3.19. The van der Waals surface area contributed by atoms with Crippen LogP contribution in [0.4, 0.5) is 5.69 Å². The van der Waals surface area contributed by atoms with Gasteiger partial charge in [0.05, 0.1) is 11.4 Å². The van der Waals surface area contributed by atoms with E-state index in [1.165, 1.54) is 11.9 Å². The van der Waals surface area contributed by atoms with E-state index >= 15 is 0 Å². The fourth-order valence-corrected chi connectivity index (χ4v) is 3.56. The number of aliphatic imine (C=N–C) groups is 1. The normalized spacial score (nSPS) is 11.4. The van der Waals surface area contributed by atoms with Crippen molar-refractivity contribution < 1.29 is 13.2 Å². The van der Waals surface area contributed by atoms with Gasteiger partial charge in [0.15, 0.2) is 15.8 Å². The summed E-state index contributed by atoms with van der Waals surface area (Å²) >= 11 is 0. The highest BCUT2D eigenvalue weighted by molar-refractivity contribution is 14.0. The SMILES string of the molecule is CCN(CCCNC(=NC)NCCOc1ccc(S(C)(=O)=O)cc1)c1ccccc1.I. The molecule has 0 unspecified atom stereocenters. The summed E-state index contributed by atoms with van der Waals surface area (Å²) in [5.74, 6) is 1.36. The van der Waals surface area contributed by atoms with Crippen LogP contribution in [0, 0.1) is 0 Å². The Morgan fingerprint density at radius 3 is 2.26 bits per heavy atom.